The number of quaternary nitrogens is 1. The monoisotopic (exact) mass is 452 g/mol. The van der Waals surface area contributed by atoms with E-state index in [4.69, 9.17) is 0 Å². The Bertz CT molecular complexity index is 985. The van der Waals surface area contributed by atoms with Crippen molar-refractivity contribution >= 4 is 11.7 Å². The summed E-state index contributed by atoms with van der Waals surface area (Å²) in [5.41, 5.74) is 0.768. The summed E-state index contributed by atoms with van der Waals surface area (Å²) in [6, 6.07) is 6.64. The molecule has 10 heteroatoms. The van der Waals surface area contributed by atoms with E-state index in [1.54, 1.807) is 12.1 Å². The minimum absolute atomic E-state index is 0.244. The molecule has 2 aliphatic rings. The number of carbonyl (C=O) groups is 1. The van der Waals surface area contributed by atoms with Crippen molar-refractivity contribution < 1.29 is 26.8 Å². The van der Waals surface area contributed by atoms with Gasteiger partial charge in [0.15, 0.2) is 0 Å². The number of halogens is 4. The van der Waals surface area contributed by atoms with E-state index >= 15 is 0 Å². The number of hydrogen-bond donors (Lipinski definition) is 1. The molecule has 6 nitrogen and oxygen atoms in total. The van der Waals surface area contributed by atoms with Crippen LogP contribution >= 0.6 is 0 Å². The van der Waals surface area contributed by atoms with Crippen LogP contribution in [0.5, 0.6) is 0 Å². The molecule has 1 saturated carbocycles. The quantitative estimate of drug-likeness (QED) is 0.561. The topological polar surface area (TPSA) is 58.1 Å². The maximum Gasteiger partial charge on any atom is 0.451 e. The van der Waals surface area contributed by atoms with Crippen LogP contribution in [0.4, 0.5) is 28.0 Å². The molecule has 4 rings (SSSR count). The fraction of sp³-hybridized carbons (Fsp3) is 0.500. The minimum Gasteiger partial charge on any atom is -0.330 e. The Morgan fingerprint density at radius 2 is 1.84 bits per heavy atom. The summed E-state index contributed by atoms with van der Waals surface area (Å²) in [6.45, 7) is 1.07. The summed E-state index contributed by atoms with van der Waals surface area (Å²) in [5.74, 6) is -1.47. The standard InChI is InChI=1S/C22H25F4N5O/c1-31(2,13-15-4-3-5-16(23)10-15)18-6-8-21(9-7-18)14-30(20(32)29-21)17-11-27-19(28-12-17)22(24,25)26/h3-5,10-12,18H,6-9,13-14H2,1-2H3/p+1. The lowest BCUT2D eigenvalue weighted by Gasteiger charge is -2.44. The van der Waals surface area contributed by atoms with E-state index < -0.39 is 17.5 Å². The zero-order chi connectivity index (χ0) is 23.1. The largest absolute Gasteiger partial charge is 0.451 e. The van der Waals surface area contributed by atoms with Crippen molar-refractivity contribution in [1.29, 1.82) is 0 Å². The Morgan fingerprint density at radius 1 is 1.19 bits per heavy atom. The van der Waals surface area contributed by atoms with Crippen LogP contribution in [0.1, 0.15) is 37.1 Å². The average Bonchev–Trinajstić information content (AvgIpc) is 3.03. The zero-order valence-corrected chi connectivity index (χ0v) is 18.0. The predicted octanol–water partition coefficient (Wildman–Crippen LogP) is 4.12. The third-order valence-electron chi connectivity index (χ3n) is 6.66. The number of rotatable bonds is 4. The van der Waals surface area contributed by atoms with Crippen LogP contribution < -0.4 is 10.2 Å². The summed E-state index contributed by atoms with van der Waals surface area (Å²) in [7, 11) is 4.26. The second kappa shape index (κ2) is 7.99. The van der Waals surface area contributed by atoms with Crippen LogP contribution in [0.15, 0.2) is 36.7 Å². The molecule has 0 radical (unpaired) electrons. The number of urea groups is 1. The fourth-order valence-corrected chi connectivity index (χ4v) is 4.90. The van der Waals surface area contributed by atoms with Crippen LogP contribution in [0, 0.1) is 5.82 Å². The lowest BCUT2D eigenvalue weighted by atomic mass is 9.78. The van der Waals surface area contributed by atoms with Gasteiger partial charge in [0.1, 0.15) is 12.4 Å². The number of anilines is 1. The first-order valence-corrected chi connectivity index (χ1v) is 10.5. The van der Waals surface area contributed by atoms with Crippen molar-refractivity contribution in [1.82, 2.24) is 15.3 Å². The lowest BCUT2D eigenvalue weighted by Crippen LogP contribution is -2.55. The predicted molar refractivity (Wildman–Crippen MR) is 110 cm³/mol. The summed E-state index contributed by atoms with van der Waals surface area (Å²) in [4.78, 5) is 20.7. The number of aromatic nitrogens is 2. The lowest BCUT2D eigenvalue weighted by molar-refractivity contribution is -0.929. The molecular formula is C22H26F4N5O+. The number of benzene rings is 1. The van der Waals surface area contributed by atoms with E-state index in [0.29, 0.717) is 23.6 Å². The van der Waals surface area contributed by atoms with Gasteiger partial charge in [0.2, 0.25) is 5.82 Å². The Kier molecular flexibility index (Phi) is 5.60. The summed E-state index contributed by atoms with van der Waals surface area (Å²) >= 11 is 0. The highest BCUT2D eigenvalue weighted by atomic mass is 19.4. The van der Waals surface area contributed by atoms with E-state index in [1.807, 2.05) is 6.07 Å². The van der Waals surface area contributed by atoms with E-state index in [-0.39, 0.29) is 17.5 Å². The molecule has 1 aromatic carbocycles. The van der Waals surface area contributed by atoms with Gasteiger partial charge in [0, 0.05) is 18.4 Å². The second-order valence-corrected chi connectivity index (χ2v) is 9.36. The maximum absolute atomic E-state index is 13.6. The van der Waals surface area contributed by atoms with Crippen molar-refractivity contribution in [3.8, 4) is 0 Å². The number of carbonyl (C=O) groups excluding carboxylic acids is 1. The second-order valence-electron chi connectivity index (χ2n) is 9.36. The molecule has 32 heavy (non-hydrogen) atoms. The normalized spacial score (nSPS) is 24.1. The third-order valence-corrected chi connectivity index (χ3v) is 6.66. The number of alkyl halides is 3. The molecule has 1 aromatic heterocycles. The molecule has 1 spiro atoms. The van der Waals surface area contributed by atoms with Gasteiger partial charge in [-0.15, -0.1) is 0 Å². The molecule has 2 amide bonds. The molecule has 1 saturated heterocycles. The van der Waals surface area contributed by atoms with Crippen molar-refractivity contribution in [2.45, 2.75) is 50.0 Å². The highest BCUT2D eigenvalue weighted by Gasteiger charge is 2.48. The number of nitrogens with one attached hydrogen (secondary N) is 1. The molecular weight excluding hydrogens is 426 g/mol. The fourth-order valence-electron chi connectivity index (χ4n) is 4.90. The van der Waals surface area contributed by atoms with Gasteiger partial charge >= 0.3 is 12.2 Å². The van der Waals surface area contributed by atoms with E-state index in [9.17, 15) is 22.4 Å². The maximum atomic E-state index is 13.6. The van der Waals surface area contributed by atoms with Crippen LogP contribution in [0.2, 0.25) is 0 Å². The average molecular weight is 452 g/mol. The van der Waals surface area contributed by atoms with Gasteiger partial charge in [-0.25, -0.2) is 19.2 Å². The van der Waals surface area contributed by atoms with Gasteiger partial charge in [-0.3, -0.25) is 4.90 Å². The van der Waals surface area contributed by atoms with Gasteiger partial charge in [-0.2, -0.15) is 13.2 Å². The first-order valence-electron chi connectivity index (χ1n) is 10.5. The molecule has 1 aliphatic carbocycles. The highest BCUT2D eigenvalue weighted by molar-refractivity contribution is 5.95. The Hall–Kier alpha value is -2.75. The van der Waals surface area contributed by atoms with Crippen molar-refractivity contribution in [3.05, 3.63) is 53.9 Å². The Labute approximate surface area is 183 Å². The summed E-state index contributed by atoms with van der Waals surface area (Å²) in [6.07, 6.45) is 0.721. The first-order chi connectivity index (χ1) is 15.0. The van der Waals surface area contributed by atoms with Gasteiger partial charge in [-0.1, -0.05) is 12.1 Å². The van der Waals surface area contributed by atoms with Gasteiger partial charge < -0.3 is 9.80 Å². The molecule has 2 heterocycles. The molecule has 0 atom stereocenters. The van der Waals surface area contributed by atoms with Crippen molar-refractivity contribution in [2.24, 2.45) is 0 Å². The number of hydrogen-bond acceptors (Lipinski definition) is 3. The van der Waals surface area contributed by atoms with Crippen LogP contribution in [-0.4, -0.2) is 52.7 Å². The minimum atomic E-state index is -4.62. The number of nitrogens with zero attached hydrogens (tertiary/aromatic N) is 4. The van der Waals surface area contributed by atoms with Crippen LogP contribution in [-0.2, 0) is 12.7 Å². The number of amides is 2. The molecule has 1 N–H and O–H groups in total. The van der Waals surface area contributed by atoms with E-state index in [1.165, 1.54) is 11.0 Å². The summed E-state index contributed by atoms with van der Waals surface area (Å²) in [5, 5.41) is 3.04. The van der Waals surface area contributed by atoms with Crippen molar-refractivity contribution in [3.63, 3.8) is 0 Å². The zero-order valence-electron chi connectivity index (χ0n) is 18.0. The van der Waals surface area contributed by atoms with E-state index in [0.717, 1.165) is 43.6 Å². The molecule has 2 aromatic rings. The van der Waals surface area contributed by atoms with Gasteiger partial charge in [0.25, 0.3) is 0 Å². The first kappa shape index (κ1) is 22.4. The Balaban J connectivity index is 1.40. The molecule has 2 fully saturated rings. The molecule has 1 aliphatic heterocycles. The van der Waals surface area contributed by atoms with Gasteiger partial charge in [-0.05, 0) is 25.0 Å². The van der Waals surface area contributed by atoms with Crippen molar-refractivity contribution in [2.75, 3.05) is 25.5 Å². The SMILES string of the molecule is C[N+](C)(Cc1cccc(F)c1)C1CCC2(CC1)CN(c1cnc(C(F)(F)F)nc1)C(=O)N2. The Morgan fingerprint density at radius 3 is 2.44 bits per heavy atom. The highest BCUT2D eigenvalue weighted by Crippen LogP contribution is 2.38. The van der Waals surface area contributed by atoms with Gasteiger partial charge in [0.05, 0.1) is 50.3 Å². The molecule has 0 bridgehead atoms. The molecule has 172 valence electrons. The van der Waals surface area contributed by atoms with E-state index in [2.05, 4.69) is 29.4 Å². The van der Waals surface area contributed by atoms with Crippen LogP contribution in [0.25, 0.3) is 0 Å². The molecule has 0 unspecified atom stereocenters. The third kappa shape index (κ3) is 4.55. The van der Waals surface area contributed by atoms with Crippen LogP contribution in [0.3, 0.4) is 0 Å². The smallest absolute Gasteiger partial charge is 0.330 e. The summed E-state index contributed by atoms with van der Waals surface area (Å²) < 4.78 is 52.4.